The van der Waals surface area contributed by atoms with E-state index in [1.807, 2.05) is 103 Å². The van der Waals surface area contributed by atoms with Crippen LogP contribution in [-0.2, 0) is 50.1 Å². The Morgan fingerprint density at radius 2 is 0.851 bits per heavy atom. The predicted octanol–water partition coefficient (Wildman–Crippen LogP) is 7.78. The van der Waals surface area contributed by atoms with E-state index in [-0.39, 0.29) is 0 Å². The highest BCUT2D eigenvalue weighted by Gasteiger charge is 2.48. The van der Waals surface area contributed by atoms with E-state index in [1.54, 1.807) is 0 Å². The van der Waals surface area contributed by atoms with Crippen LogP contribution in [0, 0.1) is 11.8 Å². The molecule has 0 spiro atoms. The highest BCUT2D eigenvalue weighted by Crippen LogP contribution is 2.31. The van der Waals surface area contributed by atoms with Crippen molar-refractivity contribution in [2.75, 3.05) is 6.61 Å². The molecule has 0 radical (unpaired) electrons. The fraction of sp³-hybridized carbons (Fsp3) is 0.238. The van der Waals surface area contributed by atoms with Gasteiger partial charge in [-0.05, 0) is 34.4 Å². The van der Waals surface area contributed by atoms with Crippen molar-refractivity contribution in [3.63, 3.8) is 0 Å². The Kier molecular flexibility index (Phi) is 12.0. The van der Waals surface area contributed by atoms with Crippen LogP contribution in [-0.4, -0.2) is 37.1 Å². The van der Waals surface area contributed by atoms with Crippen molar-refractivity contribution in [3.05, 3.63) is 179 Å². The van der Waals surface area contributed by atoms with Gasteiger partial charge in [0.1, 0.15) is 30.5 Å². The molecule has 1 aliphatic heterocycles. The summed E-state index contributed by atoms with van der Waals surface area (Å²) in [5, 5.41) is 0. The summed E-state index contributed by atoms with van der Waals surface area (Å²) in [4.78, 5) is 0. The fourth-order valence-electron chi connectivity index (χ4n) is 5.58. The molecule has 6 rings (SSSR count). The Hall–Kier alpha value is -4.54. The van der Waals surface area contributed by atoms with Gasteiger partial charge in [0.05, 0.1) is 33.0 Å². The van der Waals surface area contributed by atoms with Crippen molar-refractivity contribution < 1.29 is 23.7 Å². The maximum absolute atomic E-state index is 6.80. The van der Waals surface area contributed by atoms with Crippen LogP contribution in [0.1, 0.15) is 27.8 Å². The molecule has 0 amide bonds. The second-order valence-electron chi connectivity index (χ2n) is 11.5. The van der Waals surface area contributed by atoms with E-state index in [0.29, 0.717) is 33.0 Å². The lowest BCUT2D eigenvalue weighted by molar-refractivity contribution is -0.261. The van der Waals surface area contributed by atoms with Crippen molar-refractivity contribution in [1.82, 2.24) is 0 Å². The molecule has 5 atom stereocenters. The van der Waals surface area contributed by atoms with Gasteiger partial charge < -0.3 is 23.7 Å². The van der Waals surface area contributed by atoms with Gasteiger partial charge in [-0.15, -0.1) is 0 Å². The summed E-state index contributed by atoms with van der Waals surface area (Å²) in [6.07, 6.45) is -2.60. The summed E-state index contributed by atoms with van der Waals surface area (Å²) in [6, 6.07) is 50.5. The molecule has 5 heteroatoms. The lowest BCUT2D eigenvalue weighted by atomic mass is 9.94. The highest BCUT2D eigenvalue weighted by atomic mass is 16.6. The Bertz CT molecular complexity index is 1650. The molecular formula is C42H40O5. The van der Waals surface area contributed by atoms with Crippen LogP contribution >= 0.6 is 0 Å². The van der Waals surface area contributed by atoms with Gasteiger partial charge in [-0.2, -0.15) is 0 Å². The van der Waals surface area contributed by atoms with Gasteiger partial charge in [0.2, 0.25) is 0 Å². The van der Waals surface area contributed by atoms with Gasteiger partial charge in [-0.3, -0.25) is 0 Å². The molecule has 5 aromatic carbocycles. The lowest BCUT2D eigenvalue weighted by Crippen LogP contribution is -2.60. The van der Waals surface area contributed by atoms with Gasteiger partial charge in [0, 0.05) is 5.56 Å². The molecular weight excluding hydrogens is 584 g/mol. The molecule has 0 aromatic heterocycles. The maximum atomic E-state index is 6.80. The molecule has 0 unspecified atom stereocenters. The minimum absolute atomic E-state index is 0.300. The van der Waals surface area contributed by atoms with Crippen molar-refractivity contribution in [2.45, 2.75) is 56.9 Å². The first kappa shape index (κ1) is 32.4. The zero-order valence-electron chi connectivity index (χ0n) is 26.4. The SMILES string of the molecule is C(#C[C@H]1O[C@H](COCc2ccccc2)[C@@H](OCc2ccccc2)[C@H](OCc2ccccc2)[C@@H]1OCc1ccccc1)c1ccccc1. The molecule has 5 aromatic rings. The highest BCUT2D eigenvalue weighted by molar-refractivity contribution is 5.35. The predicted molar refractivity (Wildman–Crippen MR) is 183 cm³/mol. The molecule has 238 valence electrons. The standard InChI is InChI=1S/C42H40O5/c1-6-16-33(17-7-1)26-27-38-40(44-29-35-20-10-3-11-21-35)42(46-31-37-24-14-5-15-25-37)41(45-30-36-22-12-4-13-23-36)39(47-38)32-43-28-34-18-8-2-9-19-34/h1-25,38-42H,28-32H2/t38-,39-,40-,41-,42-/m1/s1. The van der Waals surface area contributed by atoms with Crippen LogP contribution in [0.15, 0.2) is 152 Å². The lowest BCUT2D eigenvalue weighted by Gasteiger charge is -2.45. The van der Waals surface area contributed by atoms with Crippen LogP contribution in [0.3, 0.4) is 0 Å². The summed E-state index contributed by atoms with van der Waals surface area (Å²) in [5.74, 6) is 6.72. The van der Waals surface area contributed by atoms with E-state index >= 15 is 0 Å². The third-order valence-corrected chi connectivity index (χ3v) is 8.02. The van der Waals surface area contributed by atoms with E-state index < -0.39 is 30.5 Å². The number of benzene rings is 5. The van der Waals surface area contributed by atoms with E-state index in [0.717, 1.165) is 27.8 Å². The average molecular weight is 625 g/mol. The Morgan fingerprint density at radius 3 is 1.34 bits per heavy atom. The molecule has 0 saturated carbocycles. The normalized spacial score (nSPS) is 20.6. The third-order valence-electron chi connectivity index (χ3n) is 8.02. The number of rotatable bonds is 13. The number of hydrogen-bond acceptors (Lipinski definition) is 5. The molecule has 0 bridgehead atoms. The summed E-state index contributed by atoms with van der Waals surface area (Å²) in [7, 11) is 0. The van der Waals surface area contributed by atoms with Gasteiger partial charge in [-0.1, -0.05) is 151 Å². The Labute approximate surface area is 278 Å². The van der Waals surface area contributed by atoms with Gasteiger partial charge in [-0.25, -0.2) is 0 Å². The van der Waals surface area contributed by atoms with Crippen LogP contribution < -0.4 is 0 Å². The second kappa shape index (κ2) is 17.4. The quantitative estimate of drug-likeness (QED) is 0.125. The van der Waals surface area contributed by atoms with Gasteiger partial charge in [0.15, 0.2) is 0 Å². The van der Waals surface area contributed by atoms with Gasteiger partial charge >= 0.3 is 0 Å². The minimum Gasteiger partial charge on any atom is -0.374 e. The van der Waals surface area contributed by atoms with Crippen LogP contribution in [0.5, 0.6) is 0 Å². The summed E-state index contributed by atoms with van der Waals surface area (Å²) < 4.78 is 33.3. The molecule has 0 aliphatic carbocycles. The van der Waals surface area contributed by atoms with E-state index in [9.17, 15) is 0 Å². The van der Waals surface area contributed by atoms with Crippen LogP contribution in [0.4, 0.5) is 0 Å². The number of ether oxygens (including phenoxy) is 5. The monoisotopic (exact) mass is 624 g/mol. The van der Waals surface area contributed by atoms with Crippen molar-refractivity contribution in [1.29, 1.82) is 0 Å². The van der Waals surface area contributed by atoms with Crippen molar-refractivity contribution in [3.8, 4) is 11.8 Å². The average Bonchev–Trinajstić information content (AvgIpc) is 3.14. The summed E-state index contributed by atoms with van der Waals surface area (Å²) in [5.41, 5.74) is 5.17. The molecule has 1 aliphatic rings. The fourth-order valence-corrected chi connectivity index (χ4v) is 5.58. The molecule has 47 heavy (non-hydrogen) atoms. The zero-order chi connectivity index (χ0) is 31.9. The summed E-state index contributed by atoms with van der Waals surface area (Å²) in [6.45, 7) is 1.91. The molecule has 5 nitrogen and oxygen atoms in total. The molecule has 1 heterocycles. The van der Waals surface area contributed by atoms with E-state index in [1.165, 1.54) is 0 Å². The zero-order valence-corrected chi connectivity index (χ0v) is 26.4. The second-order valence-corrected chi connectivity index (χ2v) is 11.5. The summed E-state index contributed by atoms with van der Waals surface area (Å²) >= 11 is 0. The first-order chi connectivity index (χ1) is 23.3. The van der Waals surface area contributed by atoms with Crippen molar-refractivity contribution >= 4 is 0 Å². The molecule has 1 saturated heterocycles. The first-order valence-corrected chi connectivity index (χ1v) is 16.1. The van der Waals surface area contributed by atoms with Crippen LogP contribution in [0.2, 0.25) is 0 Å². The smallest absolute Gasteiger partial charge is 0.147 e. The maximum Gasteiger partial charge on any atom is 0.147 e. The topological polar surface area (TPSA) is 46.2 Å². The number of hydrogen-bond donors (Lipinski definition) is 0. The van der Waals surface area contributed by atoms with Crippen LogP contribution in [0.25, 0.3) is 0 Å². The molecule has 0 N–H and O–H groups in total. The Balaban J connectivity index is 1.32. The van der Waals surface area contributed by atoms with Gasteiger partial charge in [0.25, 0.3) is 0 Å². The van der Waals surface area contributed by atoms with E-state index in [2.05, 4.69) is 60.4 Å². The largest absolute Gasteiger partial charge is 0.374 e. The third kappa shape index (κ3) is 9.73. The van der Waals surface area contributed by atoms with E-state index in [4.69, 9.17) is 23.7 Å². The van der Waals surface area contributed by atoms with Crippen molar-refractivity contribution in [2.24, 2.45) is 0 Å². The molecule has 1 fully saturated rings. The Morgan fingerprint density at radius 1 is 0.447 bits per heavy atom. The first-order valence-electron chi connectivity index (χ1n) is 16.1. The minimum atomic E-state index is -0.596.